The zero-order chi connectivity index (χ0) is 18.4. The topological polar surface area (TPSA) is 16.4 Å². The van der Waals surface area contributed by atoms with Gasteiger partial charge in [0.05, 0.1) is 5.69 Å². The fraction of sp³-hybridized carbons (Fsp3) is 0.500. The number of fused-ring (bicyclic) bond motifs is 5. The molecule has 0 radical (unpaired) electrons. The van der Waals surface area contributed by atoms with Gasteiger partial charge in [-0.25, -0.2) is 0 Å². The van der Waals surface area contributed by atoms with E-state index in [1.54, 1.807) is 0 Å². The number of piperidine rings is 1. The molecule has 0 amide bonds. The summed E-state index contributed by atoms with van der Waals surface area (Å²) in [6, 6.07) is 13.4. The van der Waals surface area contributed by atoms with E-state index in [9.17, 15) is 0 Å². The van der Waals surface area contributed by atoms with Gasteiger partial charge in [-0.15, -0.1) is 0 Å². The molecule has 2 bridgehead atoms. The molecule has 136 valence electrons. The lowest BCUT2D eigenvalue weighted by Gasteiger charge is -2.51. The largest absolute Gasteiger partial charge is 0.454 e. The van der Waals surface area contributed by atoms with Crippen LogP contribution in [0, 0.1) is 24.2 Å². The molecule has 4 unspecified atom stereocenters. The summed E-state index contributed by atoms with van der Waals surface area (Å²) in [6.45, 7) is 14.5. The van der Waals surface area contributed by atoms with Gasteiger partial charge in [-0.3, -0.25) is 0 Å². The van der Waals surface area contributed by atoms with Crippen molar-refractivity contribution in [3.8, 4) is 0 Å². The first-order valence-electron chi connectivity index (χ1n) is 9.99. The van der Waals surface area contributed by atoms with Crippen LogP contribution in [0.15, 0.2) is 40.8 Å². The van der Waals surface area contributed by atoms with E-state index in [1.807, 2.05) is 0 Å². The minimum Gasteiger partial charge on any atom is -0.454 e. The molecule has 1 saturated carbocycles. The fourth-order valence-corrected chi connectivity index (χ4v) is 6.39. The van der Waals surface area contributed by atoms with Crippen LogP contribution in [0.25, 0.3) is 21.9 Å². The van der Waals surface area contributed by atoms with Crippen LogP contribution in [0.2, 0.25) is 0 Å². The number of benzene rings is 2. The van der Waals surface area contributed by atoms with Gasteiger partial charge in [0.1, 0.15) is 5.58 Å². The highest BCUT2D eigenvalue weighted by molar-refractivity contribution is 6.09. The summed E-state index contributed by atoms with van der Waals surface area (Å²) in [5.74, 6) is 1.41. The first-order valence-corrected chi connectivity index (χ1v) is 9.99. The van der Waals surface area contributed by atoms with Crippen molar-refractivity contribution in [3.05, 3.63) is 42.0 Å². The molecule has 0 N–H and O–H groups in total. The van der Waals surface area contributed by atoms with Gasteiger partial charge >= 0.3 is 0 Å². The molecule has 1 aliphatic carbocycles. The summed E-state index contributed by atoms with van der Waals surface area (Å²) >= 11 is 0. The minimum absolute atomic E-state index is 0.186. The van der Waals surface area contributed by atoms with Gasteiger partial charge in [-0.05, 0) is 56.1 Å². The quantitative estimate of drug-likeness (QED) is 0.496. The van der Waals surface area contributed by atoms with Crippen LogP contribution in [0.4, 0.5) is 5.69 Å². The number of rotatable bonds is 1. The zero-order valence-electron chi connectivity index (χ0n) is 16.8. The first-order chi connectivity index (χ1) is 12.3. The minimum atomic E-state index is 0.186. The van der Waals surface area contributed by atoms with E-state index >= 15 is 0 Å². The van der Waals surface area contributed by atoms with Crippen LogP contribution < -0.4 is 4.90 Å². The Morgan fingerprint density at radius 2 is 1.69 bits per heavy atom. The molecule has 0 spiro atoms. The van der Waals surface area contributed by atoms with Gasteiger partial charge in [0.2, 0.25) is 0 Å². The Morgan fingerprint density at radius 3 is 2.42 bits per heavy atom. The molecular weight excluding hydrogens is 318 g/mol. The standard InChI is InChI=1S/C24H29NO/c1-14-11-12-19-18-9-7-8-10-20(18)26-22(19)21(14)25-17(4)23(5)13-24(25,6)16(3)15(23)2/h7-12,15-17H,13H2,1-6H3/t15?,16?,17-,23?,24?/m0/s1. The lowest BCUT2D eigenvalue weighted by Crippen LogP contribution is -2.56. The van der Waals surface area contributed by atoms with Gasteiger partial charge in [-0.1, -0.05) is 51.1 Å². The average Bonchev–Trinajstić information content (AvgIpc) is 3.14. The number of furan rings is 1. The number of nitrogens with zero attached hydrogens (tertiary/aromatic N) is 1. The van der Waals surface area contributed by atoms with Gasteiger partial charge in [0, 0.05) is 22.4 Å². The van der Waals surface area contributed by atoms with Crippen molar-refractivity contribution in [3.63, 3.8) is 0 Å². The highest BCUT2D eigenvalue weighted by atomic mass is 16.3. The molecule has 5 atom stereocenters. The van der Waals surface area contributed by atoms with E-state index in [2.05, 4.69) is 82.8 Å². The number of hydrogen-bond donors (Lipinski definition) is 0. The van der Waals surface area contributed by atoms with Gasteiger partial charge in [0.15, 0.2) is 5.58 Å². The monoisotopic (exact) mass is 347 g/mol. The molecule has 2 heteroatoms. The first kappa shape index (κ1) is 16.2. The zero-order valence-corrected chi connectivity index (χ0v) is 16.8. The number of anilines is 1. The SMILES string of the molecule is Cc1ccc2c(oc3ccccc32)c1N1[C@@H](C)C2(C)CC1(C)C(C)C2C. The van der Waals surface area contributed by atoms with Crippen molar-refractivity contribution in [2.75, 3.05) is 4.90 Å². The third-order valence-corrected chi connectivity index (χ3v) is 8.37. The maximum absolute atomic E-state index is 6.43. The molecule has 1 aromatic heterocycles. The molecular formula is C24H29NO. The molecule has 1 saturated heterocycles. The van der Waals surface area contributed by atoms with Crippen molar-refractivity contribution in [2.24, 2.45) is 17.3 Å². The number of para-hydroxylation sites is 1. The second kappa shape index (κ2) is 4.85. The summed E-state index contributed by atoms with van der Waals surface area (Å²) in [5.41, 5.74) is 5.23. The maximum Gasteiger partial charge on any atom is 0.158 e. The van der Waals surface area contributed by atoms with E-state index in [0.29, 0.717) is 17.4 Å². The molecule has 2 aliphatic rings. The predicted molar refractivity (Wildman–Crippen MR) is 110 cm³/mol. The fourth-order valence-electron chi connectivity index (χ4n) is 6.39. The summed E-state index contributed by atoms with van der Waals surface area (Å²) in [4.78, 5) is 2.72. The Balaban J connectivity index is 1.81. The molecule has 2 aromatic carbocycles. The Hall–Kier alpha value is -1.96. The Kier molecular flexibility index (Phi) is 3.03. The van der Waals surface area contributed by atoms with E-state index in [1.165, 1.54) is 28.4 Å². The van der Waals surface area contributed by atoms with E-state index < -0.39 is 0 Å². The summed E-state index contributed by atoms with van der Waals surface area (Å²) in [7, 11) is 0. The van der Waals surface area contributed by atoms with Crippen molar-refractivity contribution in [1.82, 2.24) is 0 Å². The van der Waals surface area contributed by atoms with Crippen molar-refractivity contribution < 1.29 is 4.42 Å². The summed E-state index contributed by atoms with van der Waals surface area (Å²) < 4.78 is 6.43. The Morgan fingerprint density at radius 1 is 0.962 bits per heavy atom. The van der Waals surface area contributed by atoms with E-state index in [0.717, 1.165) is 17.1 Å². The van der Waals surface area contributed by atoms with Crippen LogP contribution in [0.3, 0.4) is 0 Å². The number of hydrogen-bond acceptors (Lipinski definition) is 2. The van der Waals surface area contributed by atoms with Crippen molar-refractivity contribution >= 4 is 27.6 Å². The molecule has 1 aliphatic heterocycles. The van der Waals surface area contributed by atoms with E-state index in [4.69, 9.17) is 4.42 Å². The van der Waals surface area contributed by atoms with Gasteiger partial charge < -0.3 is 9.32 Å². The predicted octanol–water partition coefficient (Wildman–Crippen LogP) is 6.54. The third-order valence-electron chi connectivity index (χ3n) is 8.37. The van der Waals surface area contributed by atoms with Crippen LogP contribution in [0.1, 0.15) is 46.6 Å². The highest BCUT2D eigenvalue weighted by Crippen LogP contribution is 2.65. The lowest BCUT2D eigenvalue weighted by atomic mass is 9.71. The molecule has 2 nitrogen and oxygen atoms in total. The van der Waals surface area contributed by atoms with Crippen molar-refractivity contribution in [1.29, 1.82) is 0 Å². The Labute approximate surface area is 156 Å². The molecule has 3 aromatic rings. The summed E-state index contributed by atoms with van der Waals surface area (Å²) in [6.07, 6.45) is 1.26. The van der Waals surface area contributed by atoms with Gasteiger partial charge in [0.25, 0.3) is 0 Å². The molecule has 26 heavy (non-hydrogen) atoms. The highest BCUT2D eigenvalue weighted by Gasteiger charge is 2.66. The smallest absolute Gasteiger partial charge is 0.158 e. The third kappa shape index (κ3) is 1.69. The van der Waals surface area contributed by atoms with Gasteiger partial charge in [-0.2, -0.15) is 0 Å². The van der Waals surface area contributed by atoms with Crippen molar-refractivity contribution in [2.45, 2.75) is 59.5 Å². The van der Waals surface area contributed by atoms with E-state index in [-0.39, 0.29) is 5.54 Å². The summed E-state index contributed by atoms with van der Waals surface area (Å²) in [5, 5.41) is 2.46. The Bertz CT molecular complexity index is 1030. The second-order valence-corrected chi connectivity index (χ2v) is 9.37. The molecule has 2 heterocycles. The lowest BCUT2D eigenvalue weighted by molar-refractivity contribution is 0.148. The van der Waals surface area contributed by atoms with Crippen LogP contribution in [-0.2, 0) is 0 Å². The van der Waals surface area contributed by atoms with Crippen LogP contribution in [-0.4, -0.2) is 11.6 Å². The normalized spacial score (nSPS) is 36.5. The van der Waals surface area contributed by atoms with Crippen LogP contribution >= 0.6 is 0 Å². The second-order valence-electron chi connectivity index (χ2n) is 9.37. The molecule has 2 fully saturated rings. The molecule has 5 rings (SSSR count). The average molecular weight is 348 g/mol. The van der Waals surface area contributed by atoms with Crippen LogP contribution in [0.5, 0.6) is 0 Å². The number of aryl methyl sites for hydroxylation is 1. The maximum atomic E-state index is 6.43.